The summed E-state index contributed by atoms with van der Waals surface area (Å²) in [6.07, 6.45) is 1.48. The third-order valence-electron chi connectivity index (χ3n) is 2.56. The van der Waals surface area contributed by atoms with E-state index >= 15 is 0 Å². The molecule has 1 aromatic heterocycles. The van der Waals surface area contributed by atoms with E-state index in [0.717, 1.165) is 0 Å². The molecule has 5 heteroatoms. The molecule has 0 atom stereocenters. The van der Waals surface area contributed by atoms with Gasteiger partial charge in [0.2, 0.25) is 0 Å². The lowest BCUT2D eigenvalue weighted by Crippen LogP contribution is -2.05. The highest BCUT2D eigenvalue weighted by Crippen LogP contribution is 2.23. The number of carboxylic acid groups (broad SMARTS) is 1. The number of hydrogen-bond donors (Lipinski definition) is 1. The van der Waals surface area contributed by atoms with Crippen molar-refractivity contribution in [2.24, 2.45) is 0 Å². The normalized spacial score (nSPS) is 10.3. The molecule has 0 saturated carbocycles. The number of rotatable bonds is 3. The molecule has 1 heterocycles. The zero-order valence-corrected chi connectivity index (χ0v) is 10.3. The number of para-hydroxylation sites is 1. The molecule has 4 nitrogen and oxygen atoms in total. The van der Waals surface area contributed by atoms with Gasteiger partial charge in [-0.2, -0.15) is 0 Å². The van der Waals surface area contributed by atoms with E-state index in [1.54, 1.807) is 24.3 Å². The first-order valence-corrected chi connectivity index (χ1v) is 5.60. The van der Waals surface area contributed by atoms with Crippen LogP contribution in [0.5, 0.6) is 0 Å². The summed E-state index contributed by atoms with van der Waals surface area (Å²) in [7, 11) is 0. The van der Waals surface area contributed by atoms with Crippen molar-refractivity contribution in [2.45, 2.75) is 6.92 Å². The molecule has 0 spiro atoms. The summed E-state index contributed by atoms with van der Waals surface area (Å²) in [6.45, 7) is 1.39. The van der Waals surface area contributed by atoms with Gasteiger partial charge in [0.15, 0.2) is 5.78 Å². The summed E-state index contributed by atoms with van der Waals surface area (Å²) in [5.41, 5.74) is 0.879. The van der Waals surface area contributed by atoms with Gasteiger partial charge in [0.05, 0.1) is 10.7 Å². The Morgan fingerprint density at radius 3 is 2.50 bits per heavy atom. The van der Waals surface area contributed by atoms with Crippen molar-refractivity contribution in [1.29, 1.82) is 0 Å². The van der Waals surface area contributed by atoms with E-state index in [1.165, 1.54) is 23.8 Å². The molecule has 2 aromatic rings. The molecule has 2 rings (SSSR count). The standard InChI is InChI=1S/C13H10ClNO3/c1-8(16)9-6-12(13(17)18)15(7-9)11-5-3-2-4-10(11)14/h2-7H,1H3,(H,17,18). The van der Waals surface area contributed by atoms with Gasteiger partial charge in [0, 0.05) is 11.8 Å². The number of carbonyl (C=O) groups excluding carboxylic acids is 1. The number of ketones is 1. The second kappa shape index (κ2) is 4.66. The van der Waals surface area contributed by atoms with Crippen LogP contribution >= 0.6 is 11.6 Å². The van der Waals surface area contributed by atoms with Gasteiger partial charge >= 0.3 is 5.97 Å². The number of carboxylic acids is 1. The Labute approximate surface area is 108 Å². The Bertz CT molecular complexity index is 631. The summed E-state index contributed by atoms with van der Waals surface area (Å²) in [6, 6.07) is 8.20. The largest absolute Gasteiger partial charge is 0.477 e. The third-order valence-corrected chi connectivity index (χ3v) is 2.88. The molecule has 0 saturated heterocycles. The molecule has 0 amide bonds. The van der Waals surface area contributed by atoms with Crippen LogP contribution in [-0.2, 0) is 0 Å². The fourth-order valence-electron chi connectivity index (χ4n) is 1.67. The highest BCUT2D eigenvalue weighted by atomic mass is 35.5. The Morgan fingerprint density at radius 2 is 1.94 bits per heavy atom. The molecular weight excluding hydrogens is 254 g/mol. The van der Waals surface area contributed by atoms with Crippen molar-refractivity contribution in [3.63, 3.8) is 0 Å². The molecule has 0 fully saturated rings. The molecule has 92 valence electrons. The summed E-state index contributed by atoms with van der Waals surface area (Å²) in [5, 5.41) is 9.56. The highest BCUT2D eigenvalue weighted by molar-refractivity contribution is 6.32. The Kier molecular flexibility index (Phi) is 3.21. The van der Waals surface area contributed by atoms with Gasteiger partial charge in [-0.1, -0.05) is 23.7 Å². The van der Waals surface area contributed by atoms with E-state index in [4.69, 9.17) is 16.7 Å². The van der Waals surface area contributed by atoms with E-state index < -0.39 is 5.97 Å². The molecule has 0 aliphatic rings. The van der Waals surface area contributed by atoms with Crippen LogP contribution in [0.4, 0.5) is 0 Å². The van der Waals surface area contributed by atoms with Crippen LogP contribution < -0.4 is 0 Å². The van der Waals surface area contributed by atoms with E-state index in [1.807, 2.05) is 0 Å². The average Bonchev–Trinajstić information content (AvgIpc) is 2.74. The summed E-state index contributed by atoms with van der Waals surface area (Å²) < 4.78 is 1.40. The van der Waals surface area contributed by atoms with Gasteiger partial charge in [-0.15, -0.1) is 0 Å². The fourth-order valence-corrected chi connectivity index (χ4v) is 1.89. The minimum atomic E-state index is -1.11. The third kappa shape index (κ3) is 2.15. The quantitative estimate of drug-likeness (QED) is 0.866. The molecule has 0 aliphatic carbocycles. The van der Waals surface area contributed by atoms with Crippen LogP contribution in [0, 0.1) is 0 Å². The lowest BCUT2D eigenvalue weighted by Gasteiger charge is -2.07. The van der Waals surface area contributed by atoms with Crippen molar-refractivity contribution >= 4 is 23.4 Å². The Balaban J connectivity index is 2.67. The molecule has 0 aliphatic heterocycles. The predicted molar refractivity (Wildman–Crippen MR) is 67.7 cm³/mol. The molecular formula is C13H10ClNO3. The number of carbonyl (C=O) groups is 2. The fraction of sp³-hybridized carbons (Fsp3) is 0.0769. The van der Waals surface area contributed by atoms with E-state index in [9.17, 15) is 9.59 Å². The van der Waals surface area contributed by atoms with Crippen molar-refractivity contribution in [3.8, 4) is 5.69 Å². The molecule has 0 radical (unpaired) electrons. The number of benzene rings is 1. The highest BCUT2D eigenvalue weighted by Gasteiger charge is 2.16. The minimum Gasteiger partial charge on any atom is -0.477 e. The van der Waals surface area contributed by atoms with Crippen LogP contribution in [0.25, 0.3) is 5.69 Å². The van der Waals surface area contributed by atoms with Gasteiger partial charge in [0.1, 0.15) is 5.69 Å². The number of aromatic nitrogens is 1. The zero-order valence-electron chi connectivity index (χ0n) is 9.55. The number of hydrogen-bond acceptors (Lipinski definition) is 2. The maximum absolute atomic E-state index is 11.3. The van der Waals surface area contributed by atoms with Crippen LogP contribution in [0.1, 0.15) is 27.8 Å². The summed E-state index contributed by atoms with van der Waals surface area (Å²) >= 11 is 6.03. The van der Waals surface area contributed by atoms with Gasteiger partial charge in [-0.25, -0.2) is 4.79 Å². The second-order valence-electron chi connectivity index (χ2n) is 3.80. The van der Waals surface area contributed by atoms with Crippen molar-refractivity contribution in [2.75, 3.05) is 0 Å². The SMILES string of the molecule is CC(=O)c1cc(C(=O)O)n(-c2ccccc2Cl)c1. The molecule has 18 heavy (non-hydrogen) atoms. The smallest absolute Gasteiger partial charge is 0.352 e. The van der Waals surface area contributed by atoms with Gasteiger partial charge in [-0.3, -0.25) is 4.79 Å². The first-order chi connectivity index (χ1) is 8.50. The van der Waals surface area contributed by atoms with Crippen molar-refractivity contribution < 1.29 is 14.7 Å². The van der Waals surface area contributed by atoms with Crippen LogP contribution in [0.2, 0.25) is 5.02 Å². The van der Waals surface area contributed by atoms with E-state index in [-0.39, 0.29) is 11.5 Å². The lowest BCUT2D eigenvalue weighted by atomic mass is 10.2. The molecule has 1 aromatic carbocycles. The maximum atomic E-state index is 11.3. The molecule has 0 bridgehead atoms. The lowest BCUT2D eigenvalue weighted by molar-refractivity contribution is 0.0688. The molecule has 1 N–H and O–H groups in total. The second-order valence-corrected chi connectivity index (χ2v) is 4.20. The first kappa shape index (κ1) is 12.4. The number of aromatic carboxylic acids is 1. The minimum absolute atomic E-state index is 0.00769. The number of halogens is 1. The number of nitrogens with zero attached hydrogens (tertiary/aromatic N) is 1. The van der Waals surface area contributed by atoms with Crippen LogP contribution in [-0.4, -0.2) is 21.4 Å². The number of Topliss-reactive ketones (excluding diaryl/α,β-unsaturated/α-hetero) is 1. The van der Waals surface area contributed by atoms with Gasteiger partial charge < -0.3 is 9.67 Å². The van der Waals surface area contributed by atoms with E-state index in [2.05, 4.69) is 0 Å². The van der Waals surface area contributed by atoms with Crippen molar-refractivity contribution in [3.05, 3.63) is 52.8 Å². The first-order valence-electron chi connectivity index (χ1n) is 5.22. The zero-order chi connectivity index (χ0) is 13.3. The monoisotopic (exact) mass is 263 g/mol. The Hall–Kier alpha value is -2.07. The van der Waals surface area contributed by atoms with Crippen molar-refractivity contribution in [1.82, 2.24) is 4.57 Å². The van der Waals surface area contributed by atoms with E-state index in [0.29, 0.717) is 16.3 Å². The summed E-state index contributed by atoms with van der Waals surface area (Å²) in [4.78, 5) is 22.5. The summed E-state index contributed by atoms with van der Waals surface area (Å²) in [5.74, 6) is -1.30. The maximum Gasteiger partial charge on any atom is 0.352 e. The predicted octanol–water partition coefficient (Wildman–Crippen LogP) is 3.03. The van der Waals surface area contributed by atoms with Crippen LogP contribution in [0.3, 0.4) is 0 Å². The topological polar surface area (TPSA) is 59.3 Å². The Morgan fingerprint density at radius 1 is 1.28 bits per heavy atom. The molecule has 0 unspecified atom stereocenters. The van der Waals surface area contributed by atoms with Gasteiger partial charge in [0.25, 0.3) is 0 Å². The average molecular weight is 264 g/mol. The van der Waals surface area contributed by atoms with Gasteiger partial charge in [-0.05, 0) is 25.1 Å². The van der Waals surface area contributed by atoms with Crippen LogP contribution in [0.15, 0.2) is 36.5 Å².